The van der Waals surface area contributed by atoms with Crippen LogP contribution in [0.15, 0.2) is 0 Å². The zero-order valence-corrected chi connectivity index (χ0v) is 9.90. The molecule has 0 aliphatic rings. The standard InChI is InChI=1S/C9H19NO2S/c1-6-7-10(13-5)8(11)12-9(2,3)4/h6-7H2,1-5H3. The van der Waals surface area contributed by atoms with E-state index in [4.69, 9.17) is 4.74 Å². The molecule has 0 aliphatic carbocycles. The van der Waals surface area contributed by atoms with Crippen LogP contribution in [0.2, 0.25) is 0 Å². The van der Waals surface area contributed by atoms with E-state index in [1.165, 1.54) is 11.9 Å². The van der Waals surface area contributed by atoms with Crippen molar-refractivity contribution in [1.29, 1.82) is 0 Å². The van der Waals surface area contributed by atoms with Gasteiger partial charge in [-0.25, -0.2) is 4.79 Å². The zero-order chi connectivity index (χ0) is 10.5. The number of amides is 1. The maximum absolute atomic E-state index is 11.5. The summed E-state index contributed by atoms with van der Waals surface area (Å²) in [5, 5.41) is 0. The molecule has 0 radical (unpaired) electrons. The molecule has 0 saturated carbocycles. The molecular weight excluding hydrogens is 186 g/mol. The SMILES string of the molecule is CCCN(SC)C(=O)OC(C)(C)C. The molecule has 0 aliphatic heterocycles. The number of hydrogen-bond donors (Lipinski definition) is 0. The Morgan fingerprint density at radius 1 is 1.46 bits per heavy atom. The zero-order valence-electron chi connectivity index (χ0n) is 9.09. The number of rotatable bonds is 3. The van der Waals surface area contributed by atoms with Crippen molar-refractivity contribution in [3.05, 3.63) is 0 Å². The Bertz CT molecular complexity index is 165. The van der Waals surface area contributed by atoms with E-state index in [2.05, 4.69) is 0 Å². The maximum Gasteiger partial charge on any atom is 0.420 e. The second-order valence-electron chi connectivity index (χ2n) is 3.77. The van der Waals surface area contributed by atoms with E-state index in [1.807, 2.05) is 34.0 Å². The van der Waals surface area contributed by atoms with Crippen molar-refractivity contribution < 1.29 is 9.53 Å². The highest BCUT2D eigenvalue weighted by Gasteiger charge is 2.20. The Balaban J connectivity index is 4.06. The molecule has 0 N–H and O–H groups in total. The van der Waals surface area contributed by atoms with Crippen LogP contribution in [-0.4, -0.2) is 28.8 Å². The van der Waals surface area contributed by atoms with E-state index in [0.717, 1.165) is 13.0 Å². The van der Waals surface area contributed by atoms with E-state index < -0.39 is 5.60 Å². The molecule has 0 spiro atoms. The minimum atomic E-state index is -0.404. The average Bonchev–Trinajstić information content (AvgIpc) is 1.96. The predicted molar refractivity (Wildman–Crippen MR) is 56.7 cm³/mol. The Labute approximate surface area is 85.0 Å². The lowest BCUT2D eigenvalue weighted by Gasteiger charge is -2.25. The highest BCUT2D eigenvalue weighted by atomic mass is 32.2. The summed E-state index contributed by atoms with van der Waals surface area (Å²) in [6.07, 6.45) is 2.57. The summed E-state index contributed by atoms with van der Waals surface area (Å²) in [5.41, 5.74) is -0.404. The van der Waals surface area contributed by atoms with Crippen molar-refractivity contribution in [2.75, 3.05) is 12.8 Å². The van der Waals surface area contributed by atoms with Gasteiger partial charge in [0.05, 0.1) is 0 Å². The van der Waals surface area contributed by atoms with Gasteiger partial charge in [0, 0.05) is 12.8 Å². The van der Waals surface area contributed by atoms with Crippen LogP contribution in [0.5, 0.6) is 0 Å². The molecule has 0 heterocycles. The van der Waals surface area contributed by atoms with Crippen LogP contribution in [0.25, 0.3) is 0 Å². The maximum atomic E-state index is 11.5. The first kappa shape index (κ1) is 12.6. The fourth-order valence-electron chi connectivity index (χ4n) is 0.773. The van der Waals surface area contributed by atoms with Crippen molar-refractivity contribution in [2.45, 2.75) is 39.7 Å². The number of carbonyl (C=O) groups excluding carboxylic acids is 1. The van der Waals surface area contributed by atoms with Gasteiger partial charge in [-0.05, 0) is 39.1 Å². The van der Waals surface area contributed by atoms with Gasteiger partial charge in [0.15, 0.2) is 0 Å². The number of ether oxygens (including phenoxy) is 1. The Hall–Kier alpha value is -0.380. The fraction of sp³-hybridized carbons (Fsp3) is 0.889. The summed E-state index contributed by atoms with van der Waals surface area (Å²) in [5.74, 6) is 0. The fourth-order valence-corrected chi connectivity index (χ4v) is 1.32. The molecule has 78 valence electrons. The summed E-state index contributed by atoms with van der Waals surface area (Å²) in [6, 6.07) is 0. The summed E-state index contributed by atoms with van der Waals surface area (Å²) in [4.78, 5) is 11.5. The lowest BCUT2D eigenvalue weighted by Crippen LogP contribution is -2.32. The van der Waals surface area contributed by atoms with Crippen LogP contribution in [-0.2, 0) is 4.74 Å². The smallest absolute Gasteiger partial charge is 0.420 e. The minimum Gasteiger partial charge on any atom is -0.443 e. The molecule has 0 unspecified atom stereocenters. The van der Waals surface area contributed by atoms with Gasteiger partial charge in [0.1, 0.15) is 5.60 Å². The second-order valence-corrected chi connectivity index (χ2v) is 4.57. The van der Waals surface area contributed by atoms with Crippen molar-refractivity contribution in [3.8, 4) is 0 Å². The lowest BCUT2D eigenvalue weighted by atomic mass is 10.2. The van der Waals surface area contributed by atoms with Gasteiger partial charge < -0.3 is 4.74 Å². The van der Waals surface area contributed by atoms with Crippen LogP contribution in [0, 0.1) is 0 Å². The highest BCUT2D eigenvalue weighted by molar-refractivity contribution is 7.96. The van der Waals surface area contributed by atoms with E-state index in [0.29, 0.717) is 0 Å². The first-order valence-corrected chi connectivity index (χ1v) is 5.63. The van der Waals surface area contributed by atoms with Crippen LogP contribution < -0.4 is 0 Å². The third kappa shape index (κ3) is 5.80. The van der Waals surface area contributed by atoms with E-state index in [-0.39, 0.29) is 6.09 Å². The highest BCUT2D eigenvalue weighted by Crippen LogP contribution is 2.14. The van der Waals surface area contributed by atoms with E-state index >= 15 is 0 Å². The van der Waals surface area contributed by atoms with Gasteiger partial charge in [-0.2, -0.15) is 0 Å². The monoisotopic (exact) mass is 205 g/mol. The largest absolute Gasteiger partial charge is 0.443 e. The Morgan fingerprint density at radius 3 is 2.31 bits per heavy atom. The summed E-state index contributed by atoms with van der Waals surface area (Å²) in [6.45, 7) is 8.38. The molecule has 0 atom stereocenters. The molecule has 0 rings (SSSR count). The normalized spacial score (nSPS) is 11.2. The molecule has 0 aromatic heterocycles. The summed E-state index contributed by atoms with van der Waals surface area (Å²) < 4.78 is 6.84. The molecule has 0 aromatic rings. The van der Waals surface area contributed by atoms with Gasteiger partial charge in [-0.3, -0.25) is 4.31 Å². The molecule has 1 amide bonds. The van der Waals surface area contributed by atoms with Crippen molar-refractivity contribution >= 4 is 18.0 Å². The van der Waals surface area contributed by atoms with Gasteiger partial charge in [-0.15, -0.1) is 0 Å². The van der Waals surface area contributed by atoms with Crippen LogP contribution in [0.1, 0.15) is 34.1 Å². The molecule has 0 aromatic carbocycles. The molecule has 13 heavy (non-hydrogen) atoms. The molecule has 0 fully saturated rings. The topological polar surface area (TPSA) is 29.5 Å². The predicted octanol–water partition coefficient (Wildman–Crippen LogP) is 2.91. The molecule has 0 bridgehead atoms. The van der Waals surface area contributed by atoms with Crippen LogP contribution in [0.4, 0.5) is 4.79 Å². The third-order valence-corrected chi connectivity index (χ3v) is 2.02. The van der Waals surface area contributed by atoms with Crippen LogP contribution in [0.3, 0.4) is 0 Å². The van der Waals surface area contributed by atoms with Gasteiger partial charge in [0.2, 0.25) is 0 Å². The molecule has 0 saturated heterocycles. The van der Waals surface area contributed by atoms with E-state index in [9.17, 15) is 4.79 Å². The van der Waals surface area contributed by atoms with Gasteiger partial charge >= 0.3 is 6.09 Å². The third-order valence-electron chi connectivity index (χ3n) is 1.24. The minimum absolute atomic E-state index is 0.248. The van der Waals surface area contributed by atoms with Crippen molar-refractivity contribution in [3.63, 3.8) is 0 Å². The van der Waals surface area contributed by atoms with Crippen molar-refractivity contribution in [1.82, 2.24) is 4.31 Å². The average molecular weight is 205 g/mol. The molecular formula is C9H19NO2S. The first-order valence-electron chi connectivity index (χ1n) is 4.45. The number of carbonyl (C=O) groups is 1. The lowest BCUT2D eigenvalue weighted by molar-refractivity contribution is 0.0406. The first-order chi connectivity index (χ1) is 5.90. The summed E-state index contributed by atoms with van der Waals surface area (Å²) in [7, 11) is 0. The number of nitrogens with zero attached hydrogens (tertiary/aromatic N) is 1. The van der Waals surface area contributed by atoms with E-state index in [1.54, 1.807) is 4.31 Å². The summed E-state index contributed by atoms with van der Waals surface area (Å²) >= 11 is 1.40. The van der Waals surface area contributed by atoms with Gasteiger partial charge in [-0.1, -0.05) is 6.92 Å². The Morgan fingerprint density at radius 2 is 2.00 bits per heavy atom. The quantitative estimate of drug-likeness (QED) is 0.663. The molecule has 4 heteroatoms. The Kier molecular flexibility index (Phi) is 5.21. The van der Waals surface area contributed by atoms with Crippen molar-refractivity contribution in [2.24, 2.45) is 0 Å². The van der Waals surface area contributed by atoms with Gasteiger partial charge in [0.25, 0.3) is 0 Å². The number of hydrogen-bond acceptors (Lipinski definition) is 3. The second kappa shape index (κ2) is 5.37. The molecule has 3 nitrogen and oxygen atoms in total. The van der Waals surface area contributed by atoms with Crippen LogP contribution >= 0.6 is 11.9 Å².